The second-order valence-corrected chi connectivity index (χ2v) is 7.90. The number of hydrogen-bond acceptors (Lipinski definition) is 3. The van der Waals surface area contributed by atoms with Gasteiger partial charge in [-0.1, -0.05) is 104 Å². The number of hydrogen-bond donors (Lipinski definition) is 0. The molecule has 1 unspecified atom stereocenters. The molecule has 4 heteroatoms. The van der Waals surface area contributed by atoms with Crippen LogP contribution in [0, 0.1) is 0 Å². The molecule has 0 radical (unpaired) electrons. The van der Waals surface area contributed by atoms with Crippen LogP contribution in [0.2, 0.25) is 0 Å². The molecule has 0 heterocycles. The van der Waals surface area contributed by atoms with Crippen LogP contribution in [0.25, 0.3) is 0 Å². The zero-order valence-corrected chi connectivity index (χ0v) is 21.1. The molecule has 0 aromatic rings. The van der Waals surface area contributed by atoms with Crippen molar-refractivity contribution in [1.29, 1.82) is 0 Å². The van der Waals surface area contributed by atoms with Gasteiger partial charge in [-0.3, -0.25) is 4.90 Å². The molecule has 0 amide bonds. The Kier molecular flexibility index (Phi) is 24.9. The zero-order valence-electron chi connectivity index (χ0n) is 19.1. The van der Waals surface area contributed by atoms with Crippen LogP contribution in [0.15, 0.2) is 0 Å². The summed E-state index contributed by atoms with van der Waals surface area (Å²) < 4.78 is 0. The van der Waals surface area contributed by atoms with E-state index in [1.165, 1.54) is 64.2 Å². The molecule has 0 spiro atoms. The number of carbonyl (C=O) groups excluding carboxylic acids is 1. The summed E-state index contributed by atoms with van der Waals surface area (Å²) in [4.78, 5) is 14.0. The molecule has 0 aliphatic carbocycles. The smallest absolute Gasteiger partial charge is 0.548 e. The van der Waals surface area contributed by atoms with E-state index in [0.717, 1.165) is 51.6 Å². The molecule has 0 aromatic carbocycles. The van der Waals surface area contributed by atoms with Gasteiger partial charge >= 0.3 is 29.6 Å². The van der Waals surface area contributed by atoms with Crippen molar-refractivity contribution in [2.45, 2.75) is 130 Å². The monoisotopic (exact) mass is 391 g/mol. The number of carbonyl (C=O) groups is 1. The van der Waals surface area contributed by atoms with E-state index in [1.807, 2.05) is 0 Å². The van der Waals surface area contributed by atoms with Crippen molar-refractivity contribution in [2.75, 3.05) is 13.1 Å². The third-order valence-corrected chi connectivity index (χ3v) is 5.39. The Morgan fingerprint density at radius 3 is 1.44 bits per heavy atom. The molecule has 0 N–H and O–H groups in total. The Hall–Kier alpha value is 0.430. The summed E-state index contributed by atoms with van der Waals surface area (Å²) in [6.07, 6.45) is 19.1. The van der Waals surface area contributed by atoms with Crippen molar-refractivity contribution in [3.05, 3.63) is 0 Å². The Bertz CT molecular complexity index is 297. The van der Waals surface area contributed by atoms with Crippen molar-refractivity contribution in [3.8, 4) is 0 Å². The predicted octanol–water partition coefficient (Wildman–Crippen LogP) is 2.71. The van der Waals surface area contributed by atoms with Gasteiger partial charge in [0, 0.05) is 6.04 Å². The van der Waals surface area contributed by atoms with Crippen LogP contribution in [-0.4, -0.2) is 30.0 Å². The van der Waals surface area contributed by atoms with E-state index in [4.69, 9.17) is 0 Å². The molecule has 0 aromatic heterocycles. The van der Waals surface area contributed by atoms with Gasteiger partial charge in [-0.05, 0) is 32.4 Å². The fraction of sp³-hybridized carbons (Fsp3) is 0.957. The van der Waals surface area contributed by atoms with Gasteiger partial charge < -0.3 is 9.90 Å². The van der Waals surface area contributed by atoms with Crippen LogP contribution in [0.4, 0.5) is 0 Å². The zero-order chi connectivity index (χ0) is 19.5. The van der Waals surface area contributed by atoms with Gasteiger partial charge in [0.15, 0.2) is 0 Å². The number of aliphatic carboxylic acids is 1. The first-order valence-electron chi connectivity index (χ1n) is 11.6. The van der Waals surface area contributed by atoms with Gasteiger partial charge in [-0.15, -0.1) is 0 Å². The van der Waals surface area contributed by atoms with Gasteiger partial charge in [0.05, 0.1) is 5.97 Å². The summed E-state index contributed by atoms with van der Waals surface area (Å²) in [5, 5.41) is 11.7. The molecular weight excluding hydrogens is 345 g/mol. The second-order valence-electron chi connectivity index (χ2n) is 7.90. The van der Waals surface area contributed by atoms with Crippen LogP contribution in [0.3, 0.4) is 0 Å². The summed E-state index contributed by atoms with van der Waals surface area (Å²) in [7, 11) is 0. The van der Waals surface area contributed by atoms with Crippen molar-refractivity contribution in [2.24, 2.45) is 0 Å². The first-order valence-corrected chi connectivity index (χ1v) is 11.6. The molecule has 0 aliphatic heterocycles. The number of carboxylic acids is 1. The average molecular weight is 392 g/mol. The molecule has 0 saturated heterocycles. The Labute approximate surface area is 192 Å². The van der Waals surface area contributed by atoms with Crippen LogP contribution in [0.1, 0.15) is 124 Å². The third kappa shape index (κ3) is 18.2. The summed E-state index contributed by atoms with van der Waals surface area (Å²) in [6, 6.07) is -0.382. The van der Waals surface area contributed by atoms with E-state index < -0.39 is 5.97 Å². The van der Waals surface area contributed by atoms with Crippen molar-refractivity contribution in [1.82, 2.24) is 4.90 Å². The van der Waals surface area contributed by atoms with Crippen molar-refractivity contribution >= 4 is 5.97 Å². The Balaban J connectivity index is 0. The van der Waals surface area contributed by atoms with Crippen LogP contribution < -0.4 is 34.7 Å². The fourth-order valence-corrected chi connectivity index (χ4v) is 3.65. The predicted molar refractivity (Wildman–Crippen MR) is 111 cm³/mol. The summed E-state index contributed by atoms with van der Waals surface area (Å²) in [6.45, 7) is 8.49. The van der Waals surface area contributed by atoms with Crippen molar-refractivity contribution in [3.63, 3.8) is 0 Å². The van der Waals surface area contributed by atoms with Gasteiger partial charge in [0.1, 0.15) is 0 Å². The van der Waals surface area contributed by atoms with Gasteiger partial charge in [0.2, 0.25) is 0 Å². The first kappa shape index (κ1) is 29.6. The number of nitrogens with zero attached hydrogens (tertiary/aromatic N) is 1. The molecule has 0 rings (SSSR count). The van der Waals surface area contributed by atoms with E-state index >= 15 is 0 Å². The molecule has 156 valence electrons. The minimum absolute atomic E-state index is 0. The Morgan fingerprint density at radius 1 is 0.667 bits per heavy atom. The van der Waals surface area contributed by atoms with E-state index in [-0.39, 0.29) is 35.6 Å². The molecule has 0 saturated carbocycles. The third-order valence-electron chi connectivity index (χ3n) is 5.39. The largest absolute Gasteiger partial charge is 1.00 e. The average Bonchev–Trinajstić information content (AvgIpc) is 2.63. The van der Waals surface area contributed by atoms with E-state index in [9.17, 15) is 9.90 Å². The van der Waals surface area contributed by atoms with Crippen LogP contribution in [-0.2, 0) is 4.79 Å². The molecule has 0 bridgehead atoms. The maximum absolute atomic E-state index is 11.7. The first-order chi connectivity index (χ1) is 12.7. The van der Waals surface area contributed by atoms with E-state index in [0.29, 0.717) is 0 Å². The molecule has 0 fully saturated rings. The minimum Gasteiger partial charge on any atom is -0.548 e. The number of carboxylic acid groups (broad SMARTS) is 1. The SMILES string of the molecule is CCCCCCCCN(CCCCCCCC)C(CCCCC)C(=O)[O-].[Na+]. The minimum atomic E-state index is -0.863. The van der Waals surface area contributed by atoms with E-state index in [1.54, 1.807) is 0 Å². The maximum Gasteiger partial charge on any atom is 1.00 e. The van der Waals surface area contributed by atoms with Gasteiger partial charge in [0.25, 0.3) is 0 Å². The second kappa shape index (κ2) is 22.7. The molecule has 1 atom stereocenters. The van der Waals surface area contributed by atoms with Gasteiger partial charge in [-0.2, -0.15) is 0 Å². The molecule has 3 nitrogen and oxygen atoms in total. The number of rotatable bonds is 20. The van der Waals surface area contributed by atoms with E-state index in [2.05, 4.69) is 25.7 Å². The molecular formula is C23H46NNaO2. The van der Waals surface area contributed by atoms with Crippen LogP contribution >= 0.6 is 0 Å². The molecule has 0 aliphatic rings. The van der Waals surface area contributed by atoms with Crippen LogP contribution in [0.5, 0.6) is 0 Å². The summed E-state index contributed by atoms with van der Waals surface area (Å²) in [5.74, 6) is -0.863. The normalized spacial score (nSPS) is 12.1. The van der Waals surface area contributed by atoms with Crippen molar-refractivity contribution < 1.29 is 39.5 Å². The summed E-state index contributed by atoms with van der Waals surface area (Å²) >= 11 is 0. The maximum atomic E-state index is 11.7. The Morgan fingerprint density at radius 2 is 1.04 bits per heavy atom. The number of unbranched alkanes of at least 4 members (excludes halogenated alkanes) is 12. The summed E-state index contributed by atoms with van der Waals surface area (Å²) in [5.41, 5.74) is 0. The standard InChI is InChI=1S/C23H47NO2.Na/c1-4-7-10-12-14-17-20-24(21-18-15-13-11-8-5-2)22(23(25)26)19-16-9-6-3;/h22H,4-21H2,1-3H3,(H,25,26);/q;+1/p-1. The topological polar surface area (TPSA) is 43.4 Å². The van der Waals surface area contributed by atoms with Gasteiger partial charge in [-0.25, -0.2) is 0 Å². The fourth-order valence-electron chi connectivity index (χ4n) is 3.65. The molecule has 27 heavy (non-hydrogen) atoms. The quantitative estimate of drug-likeness (QED) is 0.237.